The third-order valence-electron chi connectivity index (χ3n) is 8.72. The maximum absolute atomic E-state index is 7.13. The summed E-state index contributed by atoms with van der Waals surface area (Å²) in [4.78, 5) is 0. The summed E-state index contributed by atoms with van der Waals surface area (Å²) in [6.07, 6.45) is 15.9. The normalized spacial score (nSPS) is 58.6. The van der Waals surface area contributed by atoms with Crippen molar-refractivity contribution < 1.29 is 0 Å². The molecule has 2 N–H and O–H groups in total. The van der Waals surface area contributed by atoms with Gasteiger partial charge in [-0.25, -0.2) is 0 Å². The van der Waals surface area contributed by atoms with E-state index in [1.54, 1.807) is 0 Å². The summed E-state index contributed by atoms with van der Waals surface area (Å²) in [7, 11) is 0. The summed E-state index contributed by atoms with van der Waals surface area (Å²) in [5, 5.41) is 0. The van der Waals surface area contributed by atoms with E-state index in [1.165, 1.54) is 70.6 Å². The Morgan fingerprint density at radius 3 is 2.45 bits per heavy atom. The highest BCUT2D eigenvalue weighted by Crippen LogP contribution is 2.66. The SMILES string of the molecule is C[C@@]12CCCC1(N)[C@@H]1CCC3CCCC[C@]3(C)[C@H]1CC2. The van der Waals surface area contributed by atoms with E-state index in [1.807, 2.05) is 0 Å². The molecule has 2 unspecified atom stereocenters. The Morgan fingerprint density at radius 2 is 1.60 bits per heavy atom. The summed E-state index contributed by atoms with van der Waals surface area (Å²) in [5.74, 6) is 2.80. The Balaban J connectivity index is 1.70. The van der Waals surface area contributed by atoms with Gasteiger partial charge in [0.2, 0.25) is 0 Å². The van der Waals surface area contributed by atoms with Gasteiger partial charge in [-0.05, 0) is 80.0 Å². The summed E-state index contributed by atoms with van der Waals surface area (Å²) >= 11 is 0. The van der Waals surface area contributed by atoms with Crippen LogP contribution in [0.3, 0.4) is 0 Å². The van der Waals surface area contributed by atoms with Gasteiger partial charge >= 0.3 is 0 Å². The van der Waals surface area contributed by atoms with E-state index >= 15 is 0 Å². The second-order valence-corrected chi connectivity index (χ2v) is 9.23. The Kier molecular flexibility index (Phi) is 2.89. The fraction of sp³-hybridized carbons (Fsp3) is 1.00. The quantitative estimate of drug-likeness (QED) is 0.669. The molecule has 0 saturated heterocycles. The third kappa shape index (κ3) is 1.54. The Bertz CT molecular complexity index is 405. The summed E-state index contributed by atoms with van der Waals surface area (Å²) in [6, 6.07) is 0. The first-order valence-corrected chi connectivity index (χ1v) is 9.29. The van der Waals surface area contributed by atoms with E-state index in [4.69, 9.17) is 5.73 Å². The minimum absolute atomic E-state index is 0.182. The molecule has 0 amide bonds. The van der Waals surface area contributed by atoms with Gasteiger partial charge in [-0.3, -0.25) is 0 Å². The predicted octanol–water partition coefficient (Wildman–Crippen LogP) is 4.89. The van der Waals surface area contributed by atoms with E-state index in [0.717, 1.165) is 17.8 Å². The van der Waals surface area contributed by atoms with Crippen LogP contribution in [0, 0.1) is 28.6 Å². The molecule has 4 aliphatic rings. The lowest BCUT2D eigenvalue weighted by Crippen LogP contribution is -2.65. The summed E-state index contributed by atoms with van der Waals surface area (Å²) < 4.78 is 0. The number of hydrogen-bond donors (Lipinski definition) is 1. The van der Waals surface area contributed by atoms with Crippen LogP contribution in [0.1, 0.15) is 84.5 Å². The Hall–Kier alpha value is -0.0400. The van der Waals surface area contributed by atoms with Gasteiger partial charge in [0, 0.05) is 5.54 Å². The summed E-state index contributed by atoms with van der Waals surface area (Å²) in [6.45, 7) is 5.17. The smallest absolute Gasteiger partial charge is 0.0240 e. The average molecular weight is 275 g/mol. The molecule has 0 aromatic carbocycles. The van der Waals surface area contributed by atoms with Crippen molar-refractivity contribution in [2.45, 2.75) is 90.0 Å². The fourth-order valence-corrected chi connectivity index (χ4v) is 7.35. The molecule has 4 saturated carbocycles. The highest BCUT2D eigenvalue weighted by molar-refractivity contribution is 5.16. The lowest BCUT2D eigenvalue weighted by Gasteiger charge is -2.63. The monoisotopic (exact) mass is 275 g/mol. The van der Waals surface area contributed by atoms with Crippen LogP contribution in [0.25, 0.3) is 0 Å². The molecule has 0 spiro atoms. The number of nitrogens with two attached hydrogens (primary N) is 1. The van der Waals surface area contributed by atoms with Gasteiger partial charge in [0.1, 0.15) is 0 Å². The highest BCUT2D eigenvalue weighted by atomic mass is 14.9. The molecule has 0 aromatic rings. The molecule has 1 nitrogen and oxygen atoms in total. The molecule has 4 fully saturated rings. The highest BCUT2D eigenvalue weighted by Gasteiger charge is 2.62. The zero-order valence-corrected chi connectivity index (χ0v) is 13.6. The van der Waals surface area contributed by atoms with Gasteiger partial charge in [-0.2, -0.15) is 0 Å². The standard InChI is InChI=1S/C19H33N/c1-17-10-5-12-19(17,20)16-8-7-14-6-3-4-11-18(14,2)15(16)9-13-17/h14-16H,3-13,20H2,1-2H3/t14?,15-,16+,17-,18-,19?/m0/s1. The maximum atomic E-state index is 7.13. The molecule has 20 heavy (non-hydrogen) atoms. The van der Waals surface area contributed by atoms with E-state index in [0.29, 0.717) is 10.8 Å². The van der Waals surface area contributed by atoms with Crippen molar-refractivity contribution >= 4 is 0 Å². The van der Waals surface area contributed by atoms with Crippen LogP contribution in [0.2, 0.25) is 0 Å². The molecule has 0 bridgehead atoms. The van der Waals surface area contributed by atoms with Crippen LogP contribution in [0.4, 0.5) is 0 Å². The minimum atomic E-state index is 0.182. The van der Waals surface area contributed by atoms with Crippen molar-refractivity contribution in [2.75, 3.05) is 0 Å². The minimum Gasteiger partial charge on any atom is -0.324 e. The molecule has 1 heteroatoms. The van der Waals surface area contributed by atoms with Crippen LogP contribution in [-0.4, -0.2) is 5.54 Å². The molecule has 0 aromatic heterocycles. The van der Waals surface area contributed by atoms with E-state index in [2.05, 4.69) is 13.8 Å². The van der Waals surface area contributed by atoms with Crippen molar-refractivity contribution in [2.24, 2.45) is 34.3 Å². The molecule has 0 aliphatic heterocycles. The van der Waals surface area contributed by atoms with Gasteiger partial charge in [-0.1, -0.05) is 33.1 Å². The molecule has 0 radical (unpaired) electrons. The molecule has 4 rings (SSSR count). The topological polar surface area (TPSA) is 26.0 Å². The Labute approximate surface area is 125 Å². The number of fused-ring (bicyclic) bond motifs is 5. The van der Waals surface area contributed by atoms with Crippen LogP contribution >= 0.6 is 0 Å². The van der Waals surface area contributed by atoms with E-state index in [-0.39, 0.29) is 5.54 Å². The lowest BCUT2D eigenvalue weighted by molar-refractivity contribution is -0.114. The predicted molar refractivity (Wildman–Crippen MR) is 84.4 cm³/mol. The van der Waals surface area contributed by atoms with E-state index in [9.17, 15) is 0 Å². The zero-order chi connectivity index (χ0) is 14.0. The second kappa shape index (κ2) is 4.24. The third-order valence-corrected chi connectivity index (χ3v) is 8.72. The first-order valence-electron chi connectivity index (χ1n) is 9.29. The summed E-state index contributed by atoms with van der Waals surface area (Å²) in [5.41, 5.74) is 8.42. The van der Waals surface area contributed by atoms with Gasteiger partial charge in [0.25, 0.3) is 0 Å². The number of rotatable bonds is 0. The van der Waals surface area contributed by atoms with Gasteiger partial charge in [0.15, 0.2) is 0 Å². The molecular formula is C19H33N. The largest absolute Gasteiger partial charge is 0.324 e. The second-order valence-electron chi connectivity index (χ2n) is 9.23. The lowest BCUT2D eigenvalue weighted by atomic mass is 9.43. The van der Waals surface area contributed by atoms with Crippen molar-refractivity contribution in [3.05, 3.63) is 0 Å². The first kappa shape index (κ1) is 13.6. The average Bonchev–Trinajstić information content (AvgIpc) is 2.74. The van der Waals surface area contributed by atoms with Gasteiger partial charge < -0.3 is 5.73 Å². The number of hydrogen-bond acceptors (Lipinski definition) is 1. The van der Waals surface area contributed by atoms with Crippen LogP contribution in [-0.2, 0) is 0 Å². The molecule has 0 heterocycles. The van der Waals surface area contributed by atoms with Crippen LogP contribution in [0.5, 0.6) is 0 Å². The molecule has 4 aliphatic carbocycles. The molecular weight excluding hydrogens is 242 g/mol. The van der Waals surface area contributed by atoms with E-state index < -0.39 is 0 Å². The van der Waals surface area contributed by atoms with Gasteiger partial charge in [0.05, 0.1) is 0 Å². The van der Waals surface area contributed by atoms with Gasteiger partial charge in [-0.15, -0.1) is 0 Å². The fourth-order valence-electron chi connectivity index (χ4n) is 7.35. The van der Waals surface area contributed by atoms with Crippen LogP contribution < -0.4 is 5.73 Å². The van der Waals surface area contributed by atoms with Crippen molar-refractivity contribution in [1.29, 1.82) is 0 Å². The maximum Gasteiger partial charge on any atom is 0.0240 e. The van der Waals surface area contributed by atoms with Crippen molar-refractivity contribution in [3.63, 3.8) is 0 Å². The van der Waals surface area contributed by atoms with Crippen molar-refractivity contribution in [3.8, 4) is 0 Å². The van der Waals surface area contributed by atoms with Crippen molar-refractivity contribution in [1.82, 2.24) is 0 Å². The zero-order valence-electron chi connectivity index (χ0n) is 13.6. The first-order chi connectivity index (χ1) is 9.50. The molecule has 114 valence electrons. The molecule has 6 atom stereocenters. The van der Waals surface area contributed by atoms with Crippen LogP contribution in [0.15, 0.2) is 0 Å². The Morgan fingerprint density at radius 1 is 0.750 bits per heavy atom.